The van der Waals surface area contributed by atoms with Gasteiger partial charge in [-0.1, -0.05) is 13.3 Å². The Morgan fingerprint density at radius 3 is 2.90 bits per heavy atom. The molecule has 1 aliphatic heterocycles. The summed E-state index contributed by atoms with van der Waals surface area (Å²) < 4.78 is 1.77. The molecule has 20 heavy (non-hydrogen) atoms. The van der Waals surface area contributed by atoms with E-state index in [9.17, 15) is 9.59 Å². The Bertz CT molecular complexity index is 485. The zero-order chi connectivity index (χ0) is 14.5. The molecule has 1 aromatic rings. The Morgan fingerprint density at radius 1 is 1.40 bits per heavy atom. The molecule has 2 heterocycles. The minimum Gasteiger partial charge on any atom is -0.344 e. The van der Waals surface area contributed by atoms with E-state index in [4.69, 9.17) is 0 Å². The third-order valence-corrected chi connectivity index (χ3v) is 3.46. The van der Waals surface area contributed by atoms with Crippen LogP contribution in [-0.2, 0) is 22.7 Å². The molecule has 1 saturated heterocycles. The fraction of sp³-hybridized carbons (Fsp3) is 0.692. The third kappa shape index (κ3) is 3.15. The molecule has 1 unspecified atom stereocenters. The Kier molecular flexibility index (Phi) is 4.70. The summed E-state index contributed by atoms with van der Waals surface area (Å²) in [4.78, 5) is 30.0. The van der Waals surface area contributed by atoms with Crippen molar-refractivity contribution in [1.29, 1.82) is 0 Å². The van der Waals surface area contributed by atoms with E-state index in [2.05, 4.69) is 15.4 Å². The van der Waals surface area contributed by atoms with E-state index in [-0.39, 0.29) is 11.8 Å². The van der Waals surface area contributed by atoms with Gasteiger partial charge in [0, 0.05) is 19.5 Å². The fourth-order valence-electron chi connectivity index (χ4n) is 2.38. The number of nitrogens with one attached hydrogen (secondary N) is 1. The van der Waals surface area contributed by atoms with Crippen molar-refractivity contribution >= 4 is 11.8 Å². The SMILES string of the molecule is CCCC1NC(=O)CCN(Cc2ncnn2CC)C1=O. The van der Waals surface area contributed by atoms with Crippen LogP contribution in [0.1, 0.15) is 38.9 Å². The minimum atomic E-state index is -0.409. The number of rotatable bonds is 5. The number of carbonyl (C=O) groups excluding carboxylic acids is 2. The quantitative estimate of drug-likeness (QED) is 0.841. The molecule has 7 heteroatoms. The summed E-state index contributed by atoms with van der Waals surface area (Å²) in [6.45, 7) is 5.53. The van der Waals surface area contributed by atoms with Gasteiger partial charge in [-0.2, -0.15) is 5.10 Å². The van der Waals surface area contributed by atoms with E-state index in [1.54, 1.807) is 9.58 Å². The number of aryl methyl sites for hydroxylation is 1. The van der Waals surface area contributed by atoms with Crippen molar-refractivity contribution < 1.29 is 9.59 Å². The molecule has 2 amide bonds. The first-order valence-corrected chi connectivity index (χ1v) is 7.10. The molecule has 0 bridgehead atoms. The number of aromatic nitrogens is 3. The highest BCUT2D eigenvalue weighted by molar-refractivity contribution is 5.89. The van der Waals surface area contributed by atoms with E-state index in [1.165, 1.54) is 6.33 Å². The molecule has 110 valence electrons. The van der Waals surface area contributed by atoms with Crippen LogP contribution in [-0.4, -0.2) is 44.1 Å². The van der Waals surface area contributed by atoms with Gasteiger partial charge in [-0.3, -0.25) is 9.59 Å². The number of amides is 2. The lowest BCUT2D eigenvalue weighted by atomic mass is 10.1. The Labute approximate surface area is 118 Å². The van der Waals surface area contributed by atoms with Crippen molar-refractivity contribution in [3.8, 4) is 0 Å². The lowest BCUT2D eigenvalue weighted by molar-refractivity contribution is -0.134. The smallest absolute Gasteiger partial charge is 0.245 e. The van der Waals surface area contributed by atoms with Crippen molar-refractivity contribution in [3.63, 3.8) is 0 Å². The summed E-state index contributed by atoms with van der Waals surface area (Å²) in [6.07, 6.45) is 3.36. The van der Waals surface area contributed by atoms with Gasteiger partial charge in [-0.25, -0.2) is 9.67 Å². The Morgan fingerprint density at radius 2 is 2.20 bits per heavy atom. The molecular formula is C13H21N5O2. The minimum absolute atomic E-state index is 0.0247. The van der Waals surface area contributed by atoms with Gasteiger partial charge >= 0.3 is 0 Å². The zero-order valence-corrected chi connectivity index (χ0v) is 12.0. The van der Waals surface area contributed by atoms with Gasteiger partial charge in [0.05, 0.1) is 6.54 Å². The van der Waals surface area contributed by atoms with Crippen LogP contribution in [0.25, 0.3) is 0 Å². The number of hydrogen-bond donors (Lipinski definition) is 1. The first-order chi connectivity index (χ1) is 9.65. The highest BCUT2D eigenvalue weighted by Gasteiger charge is 2.29. The lowest BCUT2D eigenvalue weighted by Gasteiger charge is -2.23. The van der Waals surface area contributed by atoms with Crippen molar-refractivity contribution in [3.05, 3.63) is 12.2 Å². The summed E-state index contributed by atoms with van der Waals surface area (Å²) in [7, 11) is 0. The normalized spacial score (nSPS) is 19.9. The van der Waals surface area contributed by atoms with E-state index >= 15 is 0 Å². The summed E-state index contributed by atoms with van der Waals surface area (Å²) in [6, 6.07) is -0.409. The second-order valence-electron chi connectivity index (χ2n) is 4.91. The fourth-order valence-corrected chi connectivity index (χ4v) is 2.38. The monoisotopic (exact) mass is 279 g/mol. The molecule has 0 radical (unpaired) electrons. The molecule has 1 fully saturated rings. The van der Waals surface area contributed by atoms with Gasteiger partial charge in [0.25, 0.3) is 0 Å². The van der Waals surface area contributed by atoms with Gasteiger partial charge in [0.2, 0.25) is 11.8 Å². The Balaban J connectivity index is 2.12. The molecule has 1 aromatic heterocycles. The Hall–Kier alpha value is -1.92. The number of hydrogen-bond acceptors (Lipinski definition) is 4. The molecule has 1 aliphatic rings. The standard InChI is InChI=1S/C13H21N5O2/c1-3-5-10-13(20)17(7-6-12(19)16-10)8-11-14-9-15-18(11)4-2/h9-10H,3-8H2,1-2H3,(H,16,19). The van der Waals surface area contributed by atoms with Crippen LogP contribution in [0.5, 0.6) is 0 Å². The molecule has 0 aromatic carbocycles. The molecule has 1 N–H and O–H groups in total. The maximum absolute atomic E-state index is 12.5. The van der Waals surface area contributed by atoms with Crippen molar-refractivity contribution in [2.45, 2.75) is 52.2 Å². The van der Waals surface area contributed by atoms with Crippen LogP contribution in [0, 0.1) is 0 Å². The van der Waals surface area contributed by atoms with Crippen LogP contribution >= 0.6 is 0 Å². The van der Waals surface area contributed by atoms with Crippen LogP contribution in [0.2, 0.25) is 0 Å². The van der Waals surface area contributed by atoms with E-state index in [1.807, 2.05) is 13.8 Å². The largest absolute Gasteiger partial charge is 0.344 e. The van der Waals surface area contributed by atoms with Crippen LogP contribution < -0.4 is 5.32 Å². The topological polar surface area (TPSA) is 80.1 Å². The van der Waals surface area contributed by atoms with Gasteiger partial charge in [0.15, 0.2) is 0 Å². The average molecular weight is 279 g/mol. The summed E-state index contributed by atoms with van der Waals surface area (Å²) in [5, 5.41) is 6.90. The van der Waals surface area contributed by atoms with Crippen molar-refractivity contribution in [2.24, 2.45) is 0 Å². The second kappa shape index (κ2) is 6.49. The zero-order valence-electron chi connectivity index (χ0n) is 12.0. The average Bonchev–Trinajstić information content (AvgIpc) is 2.84. The highest BCUT2D eigenvalue weighted by Crippen LogP contribution is 2.11. The molecule has 7 nitrogen and oxygen atoms in total. The molecular weight excluding hydrogens is 258 g/mol. The summed E-state index contributed by atoms with van der Waals surface area (Å²) in [5.74, 6) is 0.671. The summed E-state index contributed by atoms with van der Waals surface area (Å²) in [5.41, 5.74) is 0. The maximum Gasteiger partial charge on any atom is 0.245 e. The molecule has 2 rings (SSSR count). The van der Waals surface area contributed by atoms with E-state index < -0.39 is 6.04 Å². The van der Waals surface area contributed by atoms with Gasteiger partial charge in [-0.05, 0) is 13.3 Å². The maximum atomic E-state index is 12.5. The van der Waals surface area contributed by atoms with Gasteiger partial charge in [0.1, 0.15) is 18.2 Å². The number of carbonyl (C=O) groups is 2. The third-order valence-electron chi connectivity index (χ3n) is 3.46. The van der Waals surface area contributed by atoms with Crippen molar-refractivity contribution in [1.82, 2.24) is 25.0 Å². The first kappa shape index (κ1) is 14.5. The van der Waals surface area contributed by atoms with Crippen LogP contribution in [0.3, 0.4) is 0 Å². The van der Waals surface area contributed by atoms with E-state index in [0.717, 1.165) is 12.2 Å². The van der Waals surface area contributed by atoms with Crippen LogP contribution in [0.15, 0.2) is 6.33 Å². The second-order valence-corrected chi connectivity index (χ2v) is 4.91. The predicted molar refractivity (Wildman–Crippen MR) is 72.6 cm³/mol. The van der Waals surface area contributed by atoms with Crippen molar-refractivity contribution in [2.75, 3.05) is 6.54 Å². The molecule has 0 spiro atoms. The predicted octanol–water partition coefficient (Wildman–Crippen LogP) is 0.315. The van der Waals surface area contributed by atoms with Gasteiger partial charge in [-0.15, -0.1) is 0 Å². The molecule has 0 saturated carbocycles. The van der Waals surface area contributed by atoms with E-state index in [0.29, 0.717) is 32.5 Å². The molecule has 1 atom stereocenters. The van der Waals surface area contributed by atoms with Gasteiger partial charge < -0.3 is 10.2 Å². The lowest BCUT2D eigenvalue weighted by Crippen LogP contribution is -2.44. The highest BCUT2D eigenvalue weighted by atomic mass is 16.2. The first-order valence-electron chi connectivity index (χ1n) is 7.10. The van der Waals surface area contributed by atoms with Crippen LogP contribution in [0.4, 0.5) is 0 Å². The summed E-state index contributed by atoms with van der Waals surface area (Å²) >= 11 is 0. The molecule has 0 aliphatic carbocycles. The number of nitrogens with zero attached hydrogens (tertiary/aromatic N) is 4.